The second-order valence-corrected chi connectivity index (χ2v) is 9.19. The molecule has 0 amide bonds. The third kappa shape index (κ3) is 27.2. The Morgan fingerprint density at radius 1 is 0.533 bits per heavy atom. The molecule has 0 bridgehead atoms. The highest BCUT2D eigenvalue weighted by molar-refractivity contribution is 5.66. The zero-order valence-corrected chi connectivity index (χ0v) is 20.7. The van der Waals surface area contributed by atoms with Crippen LogP contribution in [0.3, 0.4) is 0 Å². The van der Waals surface area contributed by atoms with Crippen LogP contribution in [0.15, 0.2) is 12.3 Å². The molecule has 0 aliphatic rings. The lowest BCUT2D eigenvalue weighted by Crippen LogP contribution is -1.89. The molecule has 0 aromatic carbocycles. The van der Waals surface area contributed by atoms with Crippen molar-refractivity contribution in [2.24, 2.45) is 0 Å². The maximum atomic E-state index is 10.6. The molecule has 0 rings (SSSR count). The van der Waals surface area contributed by atoms with Gasteiger partial charge >= 0.3 is 5.97 Å². The fourth-order valence-corrected chi connectivity index (χ4v) is 4.08. The molecule has 0 unspecified atom stereocenters. The number of allylic oxidation sites excluding steroid dienone is 1. The Bertz CT molecular complexity index is 362. The Balaban J connectivity index is 3.03. The minimum atomic E-state index is -0.236. The largest absolute Gasteiger partial charge is 0.435 e. The number of carbonyl (C=O) groups is 1. The molecule has 2 heteroatoms. The van der Waals surface area contributed by atoms with Crippen molar-refractivity contribution in [1.29, 1.82) is 0 Å². The van der Waals surface area contributed by atoms with Crippen LogP contribution in [0, 0.1) is 0 Å². The van der Waals surface area contributed by atoms with Gasteiger partial charge in [-0.05, 0) is 18.9 Å². The summed E-state index contributed by atoms with van der Waals surface area (Å²) >= 11 is 0. The second-order valence-electron chi connectivity index (χ2n) is 9.19. The van der Waals surface area contributed by atoms with Gasteiger partial charge in [0.25, 0.3) is 0 Å². The SMILES string of the molecule is CCCCCCCCCCCCCCCCCCCCCCCC/C=C/OC(C)=O. The molecule has 0 N–H and O–H groups in total. The molecule has 0 fully saturated rings. The molecule has 0 saturated heterocycles. The van der Waals surface area contributed by atoms with Gasteiger partial charge in [-0.2, -0.15) is 0 Å². The van der Waals surface area contributed by atoms with Crippen LogP contribution in [0.4, 0.5) is 0 Å². The van der Waals surface area contributed by atoms with Crippen LogP contribution < -0.4 is 0 Å². The van der Waals surface area contributed by atoms with Crippen LogP contribution in [0.2, 0.25) is 0 Å². The van der Waals surface area contributed by atoms with Crippen molar-refractivity contribution >= 4 is 5.97 Å². The van der Waals surface area contributed by atoms with E-state index >= 15 is 0 Å². The Labute approximate surface area is 189 Å². The van der Waals surface area contributed by atoms with Crippen molar-refractivity contribution in [2.75, 3.05) is 0 Å². The molecule has 2 nitrogen and oxygen atoms in total. The van der Waals surface area contributed by atoms with Crippen LogP contribution >= 0.6 is 0 Å². The first kappa shape index (κ1) is 29.2. The zero-order valence-electron chi connectivity index (χ0n) is 20.7. The van der Waals surface area contributed by atoms with Gasteiger partial charge in [0.1, 0.15) is 0 Å². The van der Waals surface area contributed by atoms with E-state index in [1.165, 1.54) is 154 Å². The third-order valence-corrected chi connectivity index (χ3v) is 6.05. The summed E-state index contributed by atoms with van der Waals surface area (Å²) < 4.78 is 4.77. The van der Waals surface area contributed by atoms with Crippen LogP contribution in [0.5, 0.6) is 0 Å². The number of hydrogen-bond acceptors (Lipinski definition) is 2. The number of unbranched alkanes of at least 4 members (excludes halogenated alkanes) is 22. The first-order valence-corrected chi connectivity index (χ1v) is 13.6. The summed E-state index contributed by atoms with van der Waals surface area (Å²) in [4.78, 5) is 10.6. The molecular weight excluding hydrogens is 368 g/mol. The minimum absolute atomic E-state index is 0.236. The van der Waals surface area contributed by atoms with Crippen molar-refractivity contribution in [3.63, 3.8) is 0 Å². The summed E-state index contributed by atoms with van der Waals surface area (Å²) in [6.07, 6.45) is 35.8. The molecule has 0 saturated carbocycles. The van der Waals surface area contributed by atoms with Crippen LogP contribution in [0.1, 0.15) is 162 Å². The molecular formula is C28H54O2. The molecule has 0 aliphatic carbocycles. The van der Waals surface area contributed by atoms with E-state index < -0.39 is 0 Å². The van der Waals surface area contributed by atoms with E-state index in [-0.39, 0.29) is 5.97 Å². The Morgan fingerprint density at radius 2 is 0.833 bits per heavy atom. The van der Waals surface area contributed by atoms with Gasteiger partial charge in [0.15, 0.2) is 0 Å². The topological polar surface area (TPSA) is 26.3 Å². The predicted molar refractivity (Wildman–Crippen MR) is 133 cm³/mol. The van der Waals surface area contributed by atoms with Gasteiger partial charge in [-0.25, -0.2) is 0 Å². The monoisotopic (exact) mass is 422 g/mol. The highest BCUT2D eigenvalue weighted by Gasteiger charge is 1.95. The van der Waals surface area contributed by atoms with E-state index in [2.05, 4.69) is 6.92 Å². The standard InChI is InChI=1S/C28H54O2/c1-3-4-5-6-7-8-9-10-11-12-13-14-15-16-17-18-19-20-21-22-23-24-25-26-27-30-28(2)29/h26-27H,3-25H2,1-2H3/b27-26+. The first-order valence-electron chi connectivity index (χ1n) is 13.6. The van der Waals surface area contributed by atoms with E-state index in [1.807, 2.05) is 6.08 Å². The maximum absolute atomic E-state index is 10.6. The van der Waals surface area contributed by atoms with E-state index in [4.69, 9.17) is 4.74 Å². The van der Waals surface area contributed by atoms with Crippen molar-refractivity contribution < 1.29 is 9.53 Å². The predicted octanol–water partition coefficient (Wildman–Crippen LogP) is 10.1. The summed E-state index contributed by atoms with van der Waals surface area (Å²) in [6.45, 7) is 3.73. The third-order valence-electron chi connectivity index (χ3n) is 6.05. The fraction of sp³-hybridized carbons (Fsp3) is 0.893. The summed E-state index contributed by atoms with van der Waals surface area (Å²) in [5, 5.41) is 0. The average molecular weight is 423 g/mol. The summed E-state index contributed by atoms with van der Waals surface area (Å²) in [7, 11) is 0. The van der Waals surface area contributed by atoms with Gasteiger partial charge < -0.3 is 4.74 Å². The molecule has 30 heavy (non-hydrogen) atoms. The van der Waals surface area contributed by atoms with Crippen molar-refractivity contribution in [3.8, 4) is 0 Å². The lowest BCUT2D eigenvalue weighted by molar-refractivity contribution is -0.135. The zero-order chi connectivity index (χ0) is 22.0. The number of carbonyl (C=O) groups excluding carboxylic acids is 1. The quantitative estimate of drug-likeness (QED) is 0.0878. The lowest BCUT2D eigenvalue weighted by atomic mass is 10.0. The summed E-state index contributed by atoms with van der Waals surface area (Å²) in [5.74, 6) is -0.236. The van der Waals surface area contributed by atoms with Gasteiger partial charge in [-0.3, -0.25) is 4.79 Å². The molecule has 0 atom stereocenters. The van der Waals surface area contributed by atoms with Gasteiger partial charge in [-0.15, -0.1) is 0 Å². The molecule has 0 aliphatic heterocycles. The normalized spacial score (nSPS) is 11.4. The van der Waals surface area contributed by atoms with Crippen LogP contribution in [-0.4, -0.2) is 5.97 Å². The first-order chi connectivity index (χ1) is 14.8. The van der Waals surface area contributed by atoms with Crippen molar-refractivity contribution in [3.05, 3.63) is 12.3 Å². The van der Waals surface area contributed by atoms with E-state index in [0.29, 0.717) is 0 Å². The van der Waals surface area contributed by atoms with Gasteiger partial charge in [0, 0.05) is 6.92 Å². The summed E-state index contributed by atoms with van der Waals surface area (Å²) in [5.41, 5.74) is 0. The van der Waals surface area contributed by atoms with E-state index in [0.717, 1.165) is 6.42 Å². The van der Waals surface area contributed by atoms with Gasteiger partial charge in [-0.1, -0.05) is 142 Å². The smallest absolute Gasteiger partial charge is 0.307 e. The number of rotatable bonds is 24. The van der Waals surface area contributed by atoms with E-state index in [1.54, 1.807) is 0 Å². The maximum Gasteiger partial charge on any atom is 0.307 e. The number of hydrogen-bond donors (Lipinski definition) is 0. The van der Waals surface area contributed by atoms with Gasteiger partial charge in [0.2, 0.25) is 0 Å². The average Bonchev–Trinajstić information content (AvgIpc) is 2.73. The molecule has 0 radical (unpaired) electrons. The van der Waals surface area contributed by atoms with Gasteiger partial charge in [0.05, 0.1) is 6.26 Å². The molecule has 0 spiro atoms. The Hall–Kier alpha value is -0.790. The Kier molecular flexibility index (Phi) is 25.6. The molecule has 0 heterocycles. The highest BCUT2D eigenvalue weighted by Crippen LogP contribution is 2.15. The number of esters is 1. The van der Waals surface area contributed by atoms with Crippen LogP contribution in [0.25, 0.3) is 0 Å². The summed E-state index contributed by atoms with van der Waals surface area (Å²) in [6, 6.07) is 0. The van der Waals surface area contributed by atoms with Crippen LogP contribution in [-0.2, 0) is 9.53 Å². The fourth-order valence-electron chi connectivity index (χ4n) is 4.08. The molecule has 178 valence electrons. The minimum Gasteiger partial charge on any atom is -0.435 e. The van der Waals surface area contributed by atoms with Crippen molar-refractivity contribution in [2.45, 2.75) is 162 Å². The molecule has 0 aromatic rings. The second kappa shape index (κ2) is 26.2. The lowest BCUT2D eigenvalue weighted by Gasteiger charge is -2.04. The number of ether oxygens (including phenoxy) is 1. The Morgan fingerprint density at radius 3 is 1.13 bits per heavy atom. The highest BCUT2D eigenvalue weighted by atomic mass is 16.5. The molecule has 0 aromatic heterocycles. The van der Waals surface area contributed by atoms with Crippen molar-refractivity contribution in [1.82, 2.24) is 0 Å². The van der Waals surface area contributed by atoms with E-state index in [9.17, 15) is 4.79 Å².